The molecule has 0 unspecified atom stereocenters. The van der Waals surface area contributed by atoms with Crippen LogP contribution in [0.2, 0.25) is 0 Å². The second kappa shape index (κ2) is 4.70. The van der Waals surface area contributed by atoms with Crippen molar-refractivity contribution >= 4 is 30.9 Å². The molecule has 1 heterocycles. The maximum atomic E-state index is 10.3. The molecule has 56 valence electrons. The number of amides is 1. The lowest BCUT2D eigenvalue weighted by Crippen LogP contribution is -2.17. The van der Waals surface area contributed by atoms with Crippen LogP contribution in [0.25, 0.3) is 0 Å². The Kier molecular flexibility index (Phi) is 6.07. The van der Waals surface area contributed by atoms with Gasteiger partial charge in [0.15, 0.2) is 0 Å². The molecule has 0 saturated carbocycles. The fourth-order valence-corrected chi connectivity index (χ4v) is 0.471. The zero-order valence-corrected chi connectivity index (χ0v) is 6.63. The summed E-state index contributed by atoms with van der Waals surface area (Å²) in [6.07, 6.45) is -0.208. The number of rotatable bonds is 0. The average Bonchev–Trinajstić information content (AvgIpc) is 1.91. The highest BCUT2D eigenvalue weighted by Gasteiger charge is 2.15. The number of halogens is 2. The number of carbonyl (C=O) groups excluding carboxylic acids is 1. The molecule has 5 heteroatoms. The van der Waals surface area contributed by atoms with Crippen LogP contribution in [-0.2, 0) is 4.74 Å². The van der Waals surface area contributed by atoms with E-state index in [2.05, 4.69) is 4.74 Å². The molecule has 0 atom stereocenters. The molecule has 0 aliphatic carbocycles. The van der Waals surface area contributed by atoms with Gasteiger partial charge in [0.05, 0.1) is 6.54 Å². The van der Waals surface area contributed by atoms with Crippen LogP contribution in [0, 0.1) is 0 Å². The SMILES string of the molecule is CN1CCOC1=O.Cl.Cl. The molecule has 0 aromatic rings. The molecule has 0 spiro atoms. The molecule has 1 rings (SSSR count). The Morgan fingerprint density at radius 2 is 2.11 bits per heavy atom. The minimum absolute atomic E-state index is 0. The van der Waals surface area contributed by atoms with Crippen molar-refractivity contribution in [2.45, 2.75) is 0 Å². The Balaban J connectivity index is 0. The second-order valence-electron chi connectivity index (χ2n) is 1.54. The third kappa shape index (κ3) is 2.77. The van der Waals surface area contributed by atoms with Gasteiger partial charge in [-0.3, -0.25) is 0 Å². The van der Waals surface area contributed by atoms with Crippen LogP contribution in [0.3, 0.4) is 0 Å². The van der Waals surface area contributed by atoms with E-state index in [1.165, 1.54) is 0 Å². The van der Waals surface area contributed by atoms with Crippen molar-refractivity contribution in [2.24, 2.45) is 0 Å². The van der Waals surface area contributed by atoms with Gasteiger partial charge in [0.2, 0.25) is 0 Å². The first kappa shape index (κ1) is 11.6. The van der Waals surface area contributed by atoms with Crippen molar-refractivity contribution < 1.29 is 9.53 Å². The van der Waals surface area contributed by atoms with E-state index in [4.69, 9.17) is 0 Å². The molecule has 1 amide bonds. The first-order valence-electron chi connectivity index (χ1n) is 2.18. The lowest BCUT2D eigenvalue weighted by atomic mass is 10.7. The molecular formula is C4H9Cl2NO2. The molecule has 0 aromatic heterocycles. The lowest BCUT2D eigenvalue weighted by molar-refractivity contribution is 0.163. The van der Waals surface area contributed by atoms with Gasteiger partial charge < -0.3 is 9.64 Å². The first-order chi connectivity index (χ1) is 3.30. The normalized spacial score (nSPS) is 15.7. The van der Waals surface area contributed by atoms with Crippen molar-refractivity contribution in [1.29, 1.82) is 0 Å². The summed E-state index contributed by atoms with van der Waals surface area (Å²) < 4.78 is 4.55. The Morgan fingerprint density at radius 3 is 2.22 bits per heavy atom. The third-order valence-corrected chi connectivity index (χ3v) is 0.964. The van der Waals surface area contributed by atoms with E-state index in [-0.39, 0.29) is 30.9 Å². The Morgan fingerprint density at radius 1 is 1.56 bits per heavy atom. The lowest BCUT2D eigenvalue weighted by Gasteiger charge is -1.98. The first-order valence-corrected chi connectivity index (χ1v) is 2.18. The van der Waals surface area contributed by atoms with Gasteiger partial charge in [0.25, 0.3) is 0 Å². The van der Waals surface area contributed by atoms with Gasteiger partial charge in [-0.25, -0.2) is 4.79 Å². The molecule has 0 aromatic carbocycles. The summed E-state index contributed by atoms with van der Waals surface area (Å²) in [6, 6.07) is 0. The fraction of sp³-hybridized carbons (Fsp3) is 0.750. The summed E-state index contributed by atoms with van der Waals surface area (Å²) in [5.74, 6) is 0. The van der Waals surface area contributed by atoms with E-state index in [9.17, 15) is 4.79 Å². The molecule has 0 bridgehead atoms. The number of hydrogen-bond donors (Lipinski definition) is 0. The Bertz CT molecular complexity index is 98.6. The maximum Gasteiger partial charge on any atom is 0.409 e. The Hall–Kier alpha value is -0.150. The summed E-state index contributed by atoms with van der Waals surface area (Å²) in [5.41, 5.74) is 0. The smallest absolute Gasteiger partial charge is 0.409 e. The fourth-order valence-electron chi connectivity index (χ4n) is 0.471. The average molecular weight is 174 g/mol. The predicted molar refractivity (Wildman–Crippen MR) is 38.5 cm³/mol. The molecule has 1 saturated heterocycles. The van der Waals surface area contributed by atoms with Crippen molar-refractivity contribution in [2.75, 3.05) is 20.2 Å². The zero-order chi connectivity index (χ0) is 5.28. The van der Waals surface area contributed by atoms with Crippen LogP contribution in [0.5, 0.6) is 0 Å². The summed E-state index contributed by atoms with van der Waals surface area (Å²) in [7, 11) is 1.72. The molecular weight excluding hydrogens is 165 g/mol. The van der Waals surface area contributed by atoms with E-state index in [1.807, 2.05) is 0 Å². The van der Waals surface area contributed by atoms with Gasteiger partial charge in [0, 0.05) is 7.05 Å². The van der Waals surface area contributed by atoms with E-state index < -0.39 is 0 Å². The van der Waals surface area contributed by atoms with E-state index in [1.54, 1.807) is 11.9 Å². The molecule has 1 fully saturated rings. The number of likely N-dealkylation sites (N-methyl/N-ethyl adjacent to an activating group) is 1. The summed E-state index contributed by atoms with van der Waals surface area (Å²) in [6.45, 7) is 1.29. The van der Waals surface area contributed by atoms with Crippen molar-refractivity contribution in [3.63, 3.8) is 0 Å². The third-order valence-electron chi connectivity index (χ3n) is 0.964. The highest BCUT2D eigenvalue weighted by Crippen LogP contribution is 1.96. The predicted octanol–water partition coefficient (Wildman–Crippen LogP) is 0.912. The zero-order valence-electron chi connectivity index (χ0n) is 4.99. The van der Waals surface area contributed by atoms with E-state index in [0.29, 0.717) is 6.61 Å². The van der Waals surface area contributed by atoms with Crippen molar-refractivity contribution in [3.05, 3.63) is 0 Å². The highest BCUT2D eigenvalue weighted by molar-refractivity contribution is 5.85. The van der Waals surface area contributed by atoms with Gasteiger partial charge in [-0.2, -0.15) is 0 Å². The molecule has 0 N–H and O–H groups in total. The summed E-state index contributed by atoms with van der Waals surface area (Å²) in [5, 5.41) is 0. The highest BCUT2D eigenvalue weighted by atomic mass is 35.5. The summed E-state index contributed by atoms with van der Waals surface area (Å²) >= 11 is 0. The largest absolute Gasteiger partial charge is 0.448 e. The van der Waals surface area contributed by atoms with Gasteiger partial charge in [-0.15, -0.1) is 24.8 Å². The van der Waals surface area contributed by atoms with Crippen LogP contribution in [0.1, 0.15) is 0 Å². The van der Waals surface area contributed by atoms with Gasteiger partial charge in [-0.05, 0) is 0 Å². The number of hydrogen-bond acceptors (Lipinski definition) is 2. The number of cyclic esters (lactones) is 1. The number of carbonyl (C=O) groups is 1. The second-order valence-corrected chi connectivity index (χ2v) is 1.54. The van der Waals surface area contributed by atoms with Crippen LogP contribution in [-0.4, -0.2) is 31.2 Å². The topological polar surface area (TPSA) is 29.5 Å². The maximum absolute atomic E-state index is 10.3. The van der Waals surface area contributed by atoms with Gasteiger partial charge in [0.1, 0.15) is 6.61 Å². The van der Waals surface area contributed by atoms with Crippen LogP contribution in [0.4, 0.5) is 4.79 Å². The minimum Gasteiger partial charge on any atom is -0.448 e. The Labute approximate surface area is 66.2 Å². The molecule has 0 radical (unpaired) electrons. The minimum atomic E-state index is -0.208. The van der Waals surface area contributed by atoms with E-state index in [0.717, 1.165) is 6.54 Å². The molecule has 9 heavy (non-hydrogen) atoms. The van der Waals surface area contributed by atoms with Crippen LogP contribution >= 0.6 is 24.8 Å². The van der Waals surface area contributed by atoms with Crippen molar-refractivity contribution in [1.82, 2.24) is 4.90 Å². The molecule has 1 aliphatic heterocycles. The summed E-state index contributed by atoms with van der Waals surface area (Å²) in [4.78, 5) is 11.8. The van der Waals surface area contributed by atoms with Crippen LogP contribution < -0.4 is 0 Å². The van der Waals surface area contributed by atoms with Gasteiger partial charge >= 0.3 is 6.09 Å². The number of nitrogens with zero attached hydrogens (tertiary/aromatic N) is 1. The number of ether oxygens (including phenoxy) is 1. The molecule has 3 nitrogen and oxygen atoms in total. The molecule has 1 aliphatic rings. The van der Waals surface area contributed by atoms with Crippen molar-refractivity contribution in [3.8, 4) is 0 Å². The quantitative estimate of drug-likeness (QED) is 0.546. The monoisotopic (exact) mass is 173 g/mol. The van der Waals surface area contributed by atoms with Gasteiger partial charge in [-0.1, -0.05) is 0 Å². The standard InChI is InChI=1S/C4H7NO2.2ClH/c1-5-2-3-7-4(5)6;;/h2-3H2,1H3;2*1H. The van der Waals surface area contributed by atoms with Crippen LogP contribution in [0.15, 0.2) is 0 Å². The van der Waals surface area contributed by atoms with E-state index >= 15 is 0 Å².